The van der Waals surface area contributed by atoms with Crippen molar-refractivity contribution < 1.29 is 5.32 Å². The molecule has 0 unspecified atom stereocenters. The molecule has 15 heavy (non-hydrogen) atoms. The van der Waals surface area contributed by atoms with E-state index >= 15 is 0 Å². The molecular weight excluding hydrogens is 182 g/mol. The van der Waals surface area contributed by atoms with Gasteiger partial charge in [-0.05, 0) is 38.0 Å². The molecule has 1 saturated heterocycles. The highest BCUT2D eigenvalue weighted by Crippen LogP contribution is 2.41. The summed E-state index contributed by atoms with van der Waals surface area (Å²) in [5.41, 5.74) is 0.511. The van der Waals surface area contributed by atoms with E-state index in [1.54, 1.807) is 0 Å². The summed E-state index contributed by atoms with van der Waals surface area (Å²) in [5.74, 6) is 1.97. The molecule has 88 valence electrons. The van der Waals surface area contributed by atoms with Crippen molar-refractivity contribution in [1.82, 2.24) is 0 Å². The molecule has 1 nitrogen and oxygen atoms in total. The minimum atomic E-state index is 0.511. The Morgan fingerprint density at radius 1 is 1.00 bits per heavy atom. The van der Waals surface area contributed by atoms with E-state index in [2.05, 4.69) is 33.0 Å². The van der Waals surface area contributed by atoms with Crippen LogP contribution >= 0.6 is 0 Å². The molecule has 1 aliphatic heterocycles. The summed E-state index contributed by atoms with van der Waals surface area (Å²) in [5, 5.41) is 2.70. The van der Waals surface area contributed by atoms with E-state index in [1.165, 1.54) is 32.1 Å². The average Bonchev–Trinajstić information content (AvgIpc) is 2.15. The lowest BCUT2D eigenvalue weighted by molar-refractivity contribution is -0.743. The van der Waals surface area contributed by atoms with Crippen molar-refractivity contribution >= 4 is 0 Å². The Bertz CT molecular complexity index is 216. The van der Waals surface area contributed by atoms with Gasteiger partial charge >= 0.3 is 0 Å². The fourth-order valence-corrected chi connectivity index (χ4v) is 3.90. The second-order valence-electron chi connectivity index (χ2n) is 6.99. The van der Waals surface area contributed by atoms with Crippen molar-refractivity contribution in [2.24, 2.45) is 17.3 Å². The molecule has 2 rings (SSSR count). The Labute approximate surface area is 95.0 Å². The van der Waals surface area contributed by atoms with Crippen LogP contribution in [0.2, 0.25) is 0 Å². The van der Waals surface area contributed by atoms with Crippen molar-refractivity contribution in [3.8, 4) is 0 Å². The maximum atomic E-state index is 2.70. The first-order valence-corrected chi connectivity index (χ1v) is 6.83. The number of nitrogens with two attached hydrogens (primary N) is 1. The summed E-state index contributed by atoms with van der Waals surface area (Å²) in [6.07, 6.45) is 7.38. The largest absolute Gasteiger partial charge is 0.341 e. The summed E-state index contributed by atoms with van der Waals surface area (Å²) in [6, 6.07) is 1.80. The van der Waals surface area contributed by atoms with Crippen LogP contribution in [0, 0.1) is 17.3 Å². The van der Waals surface area contributed by atoms with Crippen LogP contribution in [0.25, 0.3) is 0 Å². The molecule has 0 aromatic rings. The molecule has 4 atom stereocenters. The molecule has 0 aromatic carbocycles. The van der Waals surface area contributed by atoms with Gasteiger partial charge in [0.05, 0.1) is 12.1 Å². The summed E-state index contributed by atoms with van der Waals surface area (Å²) in [4.78, 5) is 0. The third-order valence-electron chi connectivity index (χ3n) is 4.75. The number of rotatable bonds is 0. The average molecular weight is 210 g/mol. The van der Waals surface area contributed by atoms with Crippen molar-refractivity contribution in [2.75, 3.05) is 0 Å². The summed E-state index contributed by atoms with van der Waals surface area (Å²) >= 11 is 0. The number of hydrogen-bond donors (Lipinski definition) is 1. The number of quaternary nitrogens is 1. The fraction of sp³-hybridized carbons (Fsp3) is 1.00. The highest BCUT2D eigenvalue weighted by molar-refractivity contribution is 4.89. The molecule has 2 N–H and O–H groups in total. The first-order valence-electron chi connectivity index (χ1n) is 6.83. The Balaban J connectivity index is 2.11. The lowest BCUT2D eigenvalue weighted by Gasteiger charge is -2.46. The molecule has 2 fully saturated rings. The molecule has 0 spiro atoms. The van der Waals surface area contributed by atoms with E-state index in [0.717, 1.165) is 23.9 Å². The van der Waals surface area contributed by atoms with Gasteiger partial charge in [-0.3, -0.25) is 0 Å². The van der Waals surface area contributed by atoms with Gasteiger partial charge in [0, 0.05) is 11.8 Å². The molecule has 1 heterocycles. The number of hydrogen-bond acceptors (Lipinski definition) is 0. The van der Waals surface area contributed by atoms with Gasteiger partial charge in [-0.2, -0.15) is 0 Å². The Morgan fingerprint density at radius 2 is 1.73 bits per heavy atom. The zero-order chi connectivity index (χ0) is 11.1. The molecule has 1 heteroatoms. The van der Waals surface area contributed by atoms with Gasteiger partial charge in [0.2, 0.25) is 0 Å². The van der Waals surface area contributed by atoms with Gasteiger partial charge in [-0.1, -0.05) is 27.2 Å². The van der Waals surface area contributed by atoms with Crippen LogP contribution in [-0.4, -0.2) is 12.1 Å². The molecule has 0 aromatic heterocycles. The van der Waals surface area contributed by atoms with Gasteiger partial charge in [-0.25, -0.2) is 0 Å². The van der Waals surface area contributed by atoms with Gasteiger partial charge in [0.25, 0.3) is 0 Å². The van der Waals surface area contributed by atoms with Crippen LogP contribution < -0.4 is 5.32 Å². The van der Waals surface area contributed by atoms with E-state index in [0.29, 0.717) is 5.41 Å². The SMILES string of the molecule is C[C@@H]1CC[C@H]2CCC[C@@H](C(C)(C)C)[C@@H]2[NH2+]1. The molecule has 2 aliphatic rings. The molecule has 0 bridgehead atoms. The smallest absolute Gasteiger partial charge is 0.0923 e. The molecule has 1 saturated carbocycles. The zero-order valence-corrected chi connectivity index (χ0v) is 10.9. The minimum Gasteiger partial charge on any atom is -0.341 e. The summed E-state index contributed by atoms with van der Waals surface area (Å²) in [6.45, 7) is 9.72. The van der Waals surface area contributed by atoms with Crippen LogP contribution in [0.4, 0.5) is 0 Å². The van der Waals surface area contributed by atoms with Crippen molar-refractivity contribution in [2.45, 2.75) is 71.9 Å². The van der Waals surface area contributed by atoms with E-state index in [-0.39, 0.29) is 0 Å². The molecule has 1 aliphatic carbocycles. The van der Waals surface area contributed by atoms with Crippen LogP contribution in [0.1, 0.15) is 59.8 Å². The fourth-order valence-electron chi connectivity index (χ4n) is 3.90. The second-order valence-corrected chi connectivity index (χ2v) is 6.99. The summed E-state index contributed by atoms with van der Waals surface area (Å²) in [7, 11) is 0. The lowest BCUT2D eigenvalue weighted by Crippen LogP contribution is -2.99. The van der Waals surface area contributed by atoms with Gasteiger partial charge in [0.1, 0.15) is 0 Å². The minimum absolute atomic E-state index is 0.511. The van der Waals surface area contributed by atoms with E-state index in [1.807, 2.05) is 0 Å². The van der Waals surface area contributed by atoms with Gasteiger partial charge < -0.3 is 5.32 Å². The summed E-state index contributed by atoms with van der Waals surface area (Å²) < 4.78 is 0. The Morgan fingerprint density at radius 3 is 2.40 bits per heavy atom. The second kappa shape index (κ2) is 4.08. The highest BCUT2D eigenvalue weighted by atomic mass is 15.0. The topological polar surface area (TPSA) is 16.6 Å². The zero-order valence-electron chi connectivity index (χ0n) is 10.9. The van der Waals surface area contributed by atoms with Crippen LogP contribution in [0.3, 0.4) is 0 Å². The standard InChI is InChI=1S/C14H27N/c1-10-8-9-11-6-5-7-12(13(11)15-10)14(2,3)4/h10-13,15H,5-9H2,1-4H3/p+1/t10-,11-,12-,13-/m1/s1. The molecule has 0 amide bonds. The Kier molecular flexibility index (Phi) is 3.12. The first kappa shape index (κ1) is 11.4. The van der Waals surface area contributed by atoms with Gasteiger partial charge in [0.15, 0.2) is 0 Å². The third-order valence-corrected chi connectivity index (χ3v) is 4.75. The predicted octanol–water partition coefficient (Wildman–Crippen LogP) is 2.56. The monoisotopic (exact) mass is 210 g/mol. The van der Waals surface area contributed by atoms with E-state index < -0.39 is 0 Å². The van der Waals surface area contributed by atoms with E-state index in [4.69, 9.17) is 0 Å². The van der Waals surface area contributed by atoms with Crippen molar-refractivity contribution in [1.29, 1.82) is 0 Å². The van der Waals surface area contributed by atoms with Crippen LogP contribution in [0.5, 0.6) is 0 Å². The quantitative estimate of drug-likeness (QED) is 0.633. The first-order chi connectivity index (χ1) is 6.98. The molecule has 0 radical (unpaired) electrons. The van der Waals surface area contributed by atoms with Gasteiger partial charge in [-0.15, -0.1) is 0 Å². The number of fused-ring (bicyclic) bond motifs is 1. The lowest BCUT2D eigenvalue weighted by atomic mass is 9.63. The maximum absolute atomic E-state index is 2.70. The van der Waals surface area contributed by atoms with Crippen molar-refractivity contribution in [3.63, 3.8) is 0 Å². The van der Waals surface area contributed by atoms with Crippen LogP contribution in [0.15, 0.2) is 0 Å². The predicted molar refractivity (Wildman–Crippen MR) is 64.7 cm³/mol. The normalized spacial score (nSPS) is 42.4. The van der Waals surface area contributed by atoms with Crippen molar-refractivity contribution in [3.05, 3.63) is 0 Å². The highest BCUT2D eigenvalue weighted by Gasteiger charge is 2.44. The Hall–Kier alpha value is -0.0400. The van der Waals surface area contributed by atoms with E-state index in [9.17, 15) is 0 Å². The van der Waals surface area contributed by atoms with Crippen LogP contribution in [-0.2, 0) is 0 Å². The third kappa shape index (κ3) is 2.38. The number of piperidine rings is 1. The maximum Gasteiger partial charge on any atom is 0.0923 e. The molecular formula is C14H28N+.